The monoisotopic (exact) mass is 240 g/mol. The number of fused-ring (bicyclic) bond motifs is 2. The molecule has 2 bridgehead atoms. The van der Waals surface area contributed by atoms with E-state index in [1.54, 1.807) is 0 Å². The Morgan fingerprint density at radius 1 is 1.17 bits per heavy atom. The summed E-state index contributed by atoms with van der Waals surface area (Å²) in [7, 11) is 0. The van der Waals surface area contributed by atoms with E-state index in [2.05, 4.69) is 17.0 Å². The lowest BCUT2D eigenvalue weighted by Crippen LogP contribution is -2.42. The first kappa shape index (κ1) is 11.7. The minimum absolute atomic E-state index is 0.841. The lowest BCUT2D eigenvalue weighted by atomic mass is 9.78. The zero-order valence-corrected chi connectivity index (χ0v) is 10.8. The van der Waals surface area contributed by atoms with Gasteiger partial charge in [0.1, 0.15) is 0 Å². The molecule has 3 rings (SSSR count). The highest BCUT2D eigenvalue weighted by atomic mass is 15.1. The average molecular weight is 240 g/mol. The van der Waals surface area contributed by atoms with E-state index in [1.807, 2.05) is 18.2 Å². The van der Waals surface area contributed by atoms with Gasteiger partial charge in [0, 0.05) is 19.6 Å². The molecule has 1 aromatic rings. The first-order valence-corrected chi connectivity index (χ1v) is 7.05. The molecular formula is C16H20N2. The highest BCUT2D eigenvalue weighted by molar-refractivity contribution is 5.37. The first-order chi connectivity index (χ1) is 8.85. The van der Waals surface area contributed by atoms with Crippen molar-refractivity contribution in [1.29, 1.82) is 5.26 Å². The summed E-state index contributed by atoms with van der Waals surface area (Å²) in [6.07, 6.45) is 5.69. The van der Waals surface area contributed by atoms with Crippen molar-refractivity contribution in [1.82, 2.24) is 4.90 Å². The van der Waals surface area contributed by atoms with Crippen LogP contribution in [0, 0.1) is 23.2 Å². The molecule has 0 amide bonds. The summed E-state index contributed by atoms with van der Waals surface area (Å²) < 4.78 is 0. The molecule has 2 fully saturated rings. The van der Waals surface area contributed by atoms with Crippen LogP contribution in [0.3, 0.4) is 0 Å². The molecule has 0 aromatic heterocycles. The van der Waals surface area contributed by atoms with Gasteiger partial charge >= 0.3 is 0 Å². The van der Waals surface area contributed by atoms with Gasteiger partial charge < -0.3 is 0 Å². The largest absolute Gasteiger partial charge is 0.298 e. The Morgan fingerprint density at radius 3 is 2.61 bits per heavy atom. The molecule has 2 heteroatoms. The molecule has 1 aromatic carbocycles. The molecule has 2 aliphatic rings. The van der Waals surface area contributed by atoms with Crippen LogP contribution in [0.15, 0.2) is 24.3 Å². The molecule has 1 saturated carbocycles. The van der Waals surface area contributed by atoms with E-state index in [9.17, 15) is 0 Å². The fraction of sp³-hybridized carbons (Fsp3) is 0.562. The summed E-state index contributed by atoms with van der Waals surface area (Å²) >= 11 is 0. The van der Waals surface area contributed by atoms with Crippen molar-refractivity contribution < 1.29 is 0 Å². The predicted octanol–water partition coefficient (Wildman–Crippen LogP) is 3.18. The van der Waals surface area contributed by atoms with E-state index in [0.29, 0.717) is 0 Å². The van der Waals surface area contributed by atoms with Crippen molar-refractivity contribution in [3.8, 4) is 6.07 Å². The first-order valence-electron chi connectivity index (χ1n) is 7.05. The maximum Gasteiger partial charge on any atom is 0.0995 e. The molecule has 2 atom stereocenters. The molecule has 2 unspecified atom stereocenters. The number of benzene rings is 1. The SMILES string of the molecule is N#Cc1ccccc1CN1CC2CCCC(C2)C1. The third-order valence-corrected chi connectivity index (χ3v) is 4.46. The molecule has 0 N–H and O–H groups in total. The lowest BCUT2D eigenvalue weighted by molar-refractivity contribution is 0.0807. The van der Waals surface area contributed by atoms with E-state index in [0.717, 1.165) is 23.9 Å². The predicted molar refractivity (Wildman–Crippen MR) is 71.9 cm³/mol. The molecule has 2 nitrogen and oxygen atoms in total. The van der Waals surface area contributed by atoms with Crippen LogP contribution in [0.1, 0.15) is 36.8 Å². The van der Waals surface area contributed by atoms with Crippen LogP contribution in [-0.2, 0) is 6.54 Å². The van der Waals surface area contributed by atoms with E-state index in [1.165, 1.54) is 44.3 Å². The van der Waals surface area contributed by atoms with Crippen molar-refractivity contribution >= 4 is 0 Å². The molecule has 1 aliphatic heterocycles. The Kier molecular flexibility index (Phi) is 3.34. The second-order valence-corrected chi connectivity index (χ2v) is 5.86. The zero-order chi connectivity index (χ0) is 12.4. The van der Waals surface area contributed by atoms with Crippen LogP contribution < -0.4 is 0 Å². The Balaban J connectivity index is 1.71. The number of rotatable bonds is 2. The van der Waals surface area contributed by atoms with Crippen molar-refractivity contribution in [2.75, 3.05) is 13.1 Å². The van der Waals surface area contributed by atoms with Crippen LogP contribution in [0.25, 0.3) is 0 Å². The highest BCUT2D eigenvalue weighted by Crippen LogP contribution is 2.34. The lowest BCUT2D eigenvalue weighted by Gasteiger charge is -2.41. The number of hydrogen-bond acceptors (Lipinski definition) is 2. The van der Waals surface area contributed by atoms with Gasteiger partial charge in [-0.05, 0) is 42.7 Å². The molecule has 18 heavy (non-hydrogen) atoms. The van der Waals surface area contributed by atoms with Crippen LogP contribution in [-0.4, -0.2) is 18.0 Å². The maximum absolute atomic E-state index is 9.14. The second kappa shape index (κ2) is 5.12. The number of nitrogens with zero attached hydrogens (tertiary/aromatic N) is 2. The number of likely N-dealkylation sites (tertiary alicyclic amines) is 1. The Morgan fingerprint density at radius 2 is 1.89 bits per heavy atom. The van der Waals surface area contributed by atoms with Crippen LogP contribution in [0.2, 0.25) is 0 Å². The summed E-state index contributed by atoms with van der Waals surface area (Å²) in [5.74, 6) is 1.82. The molecule has 94 valence electrons. The van der Waals surface area contributed by atoms with Gasteiger partial charge in [0.25, 0.3) is 0 Å². The van der Waals surface area contributed by atoms with Gasteiger partial charge in [-0.15, -0.1) is 0 Å². The fourth-order valence-corrected chi connectivity index (χ4v) is 3.68. The minimum Gasteiger partial charge on any atom is -0.298 e. The van der Waals surface area contributed by atoms with E-state index in [4.69, 9.17) is 5.26 Å². The standard InChI is InChI=1S/C16H20N2/c17-9-15-6-1-2-7-16(15)12-18-10-13-4-3-5-14(8-13)11-18/h1-2,6-7,13-14H,3-5,8,10-12H2. The van der Waals surface area contributed by atoms with Gasteiger partial charge in [0.2, 0.25) is 0 Å². The maximum atomic E-state index is 9.14. The topological polar surface area (TPSA) is 27.0 Å². The quantitative estimate of drug-likeness (QED) is 0.794. The molecule has 0 radical (unpaired) electrons. The molecule has 1 heterocycles. The van der Waals surface area contributed by atoms with Crippen molar-refractivity contribution in [2.45, 2.75) is 32.2 Å². The smallest absolute Gasteiger partial charge is 0.0995 e. The average Bonchev–Trinajstić information content (AvgIpc) is 2.39. The van der Waals surface area contributed by atoms with Gasteiger partial charge in [-0.3, -0.25) is 4.90 Å². The van der Waals surface area contributed by atoms with Gasteiger partial charge in [-0.1, -0.05) is 24.6 Å². The molecule has 1 saturated heterocycles. The van der Waals surface area contributed by atoms with Crippen LogP contribution in [0.5, 0.6) is 0 Å². The summed E-state index contributed by atoms with van der Waals surface area (Å²) in [6, 6.07) is 10.3. The van der Waals surface area contributed by atoms with E-state index < -0.39 is 0 Å². The van der Waals surface area contributed by atoms with E-state index in [-0.39, 0.29) is 0 Å². The number of piperidine rings is 1. The normalized spacial score (nSPS) is 27.7. The Bertz CT molecular complexity index is 448. The molecule has 1 aliphatic carbocycles. The van der Waals surface area contributed by atoms with E-state index >= 15 is 0 Å². The van der Waals surface area contributed by atoms with Crippen molar-refractivity contribution in [3.63, 3.8) is 0 Å². The number of hydrogen-bond donors (Lipinski definition) is 0. The highest BCUT2D eigenvalue weighted by Gasteiger charge is 2.30. The van der Waals surface area contributed by atoms with Gasteiger partial charge in [-0.2, -0.15) is 5.26 Å². The Labute approximate surface area is 109 Å². The van der Waals surface area contributed by atoms with Gasteiger partial charge in [-0.25, -0.2) is 0 Å². The van der Waals surface area contributed by atoms with Gasteiger partial charge in [0.05, 0.1) is 11.6 Å². The molecular weight excluding hydrogens is 220 g/mol. The van der Waals surface area contributed by atoms with Crippen LogP contribution >= 0.6 is 0 Å². The molecule has 0 spiro atoms. The number of nitriles is 1. The summed E-state index contributed by atoms with van der Waals surface area (Å²) in [4.78, 5) is 2.56. The fourth-order valence-electron chi connectivity index (χ4n) is 3.68. The Hall–Kier alpha value is -1.33. The van der Waals surface area contributed by atoms with Crippen molar-refractivity contribution in [2.24, 2.45) is 11.8 Å². The van der Waals surface area contributed by atoms with Crippen LogP contribution in [0.4, 0.5) is 0 Å². The summed E-state index contributed by atoms with van der Waals surface area (Å²) in [6.45, 7) is 3.42. The van der Waals surface area contributed by atoms with Crippen molar-refractivity contribution in [3.05, 3.63) is 35.4 Å². The second-order valence-electron chi connectivity index (χ2n) is 5.86. The third-order valence-electron chi connectivity index (χ3n) is 4.46. The third kappa shape index (κ3) is 2.42. The van der Waals surface area contributed by atoms with Gasteiger partial charge in [0.15, 0.2) is 0 Å². The minimum atomic E-state index is 0.841. The summed E-state index contributed by atoms with van der Waals surface area (Å²) in [5, 5.41) is 9.14. The zero-order valence-electron chi connectivity index (χ0n) is 10.8. The summed E-state index contributed by atoms with van der Waals surface area (Å²) in [5.41, 5.74) is 2.04.